The van der Waals surface area contributed by atoms with Crippen molar-refractivity contribution in [3.63, 3.8) is 0 Å². The molecule has 2 rings (SSSR count). The van der Waals surface area contributed by atoms with Crippen LogP contribution in [0.1, 0.15) is 50.2 Å². The third-order valence-electron chi connectivity index (χ3n) is 3.81. The molecule has 1 saturated carbocycles. The van der Waals surface area contributed by atoms with Gasteiger partial charge in [-0.2, -0.15) is 0 Å². The summed E-state index contributed by atoms with van der Waals surface area (Å²) in [5, 5.41) is 0. The van der Waals surface area contributed by atoms with Crippen molar-refractivity contribution in [2.45, 2.75) is 45.4 Å². The van der Waals surface area contributed by atoms with Crippen molar-refractivity contribution >= 4 is 12.4 Å². The van der Waals surface area contributed by atoms with E-state index in [1.807, 2.05) is 13.0 Å². The predicted molar refractivity (Wildman–Crippen MR) is 76.4 cm³/mol. The molecule has 1 heteroatoms. The Morgan fingerprint density at radius 1 is 1.17 bits per heavy atom. The monoisotopic (exact) mass is 242 g/mol. The van der Waals surface area contributed by atoms with Crippen LogP contribution >= 0.6 is 0 Å². The molecule has 0 heterocycles. The van der Waals surface area contributed by atoms with Gasteiger partial charge in [0.05, 0.1) is 0 Å². The molecule has 0 spiro atoms. The number of rotatable bonds is 4. The van der Waals surface area contributed by atoms with E-state index in [2.05, 4.69) is 24.3 Å². The first-order valence-corrected chi connectivity index (χ1v) is 7.00. The average Bonchev–Trinajstić information content (AvgIpc) is 2.42. The summed E-state index contributed by atoms with van der Waals surface area (Å²) in [6.45, 7) is 1.84. The molecule has 0 N–H and O–H groups in total. The van der Waals surface area contributed by atoms with Gasteiger partial charge in [0.2, 0.25) is 0 Å². The van der Waals surface area contributed by atoms with E-state index in [1.54, 1.807) is 0 Å². The average molecular weight is 242 g/mol. The van der Waals surface area contributed by atoms with Crippen LogP contribution in [0.25, 0.3) is 6.08 Å². The molecule has 18 heavy (non-hydrogen) atoms. The second kappa shape index (κ2) is 6.53. The summed E-state index contributed by atoms with van der Waals surface area (Å²) >= 11 is 0. The van der Waals surface area contributed by atoms with Crippen LogP contribution in [0.15, 0.2) is 29.8 Å². The van der Waals surface area contributed by atoms with E-state index in [4.69, 9.17) is 0 Å². The summed E-state index contributed by atoms with van der Waals surface area (Å²) in [6.07, 6.45) is 11.1. The van der Waals surface area contributed by atoms with E-state index in [-0.39, 0.29) is 0 Å². The number of aldehydes is 1. The van der Waals surface area contributed by atoms with Crippen LogP contribution in [0.3, 0.4) is 0 Å². The number of carbonyl (C=O) groups excluding carboxylic acids is 1. The Bertz CT molecular complexity index is 408. The Labute approximate surface area is 110 Å². The zero-order chi connectivity index (χ0) is 12.8. The van der Waals surface area contributed by atoms with Gasteiger partial charge in [0.1, 0.15) is 6.29 Å². The molecule has 1 fully saturated rings. The fourth-order valence-electron chi connectivity index (χ4n) is 2.77. The topological polar surface area (TPSA) is 17.1 Å². The lowest BCUT2D eigenvalue weighted by Gasteiger charge is -2.21. The fraction of sp³-hybridized carbons (Fsp3) is 0.471. The zero-order valence-electron chi connectivity index (χ0n) is 11.2. The van der Waals surface area contributed by atoms with Crippen molar-refractivity contribution in [3.8, 4) is 0 Å². The van der Waals surface area contributed by atoms with E-state index >= 15 is 0 Å². The number of hydrogen-bond acceptors (Lipinski definition) is 1. The summed E-state index contributed by atoms with van der Waals surface area (Å²) < 4.78 is 0. The van der Waals surface area contributed by atoms with Crippen LogP contribution in [0.5, 0.6) is 0 Å². The molecule has 0 saturated heterocycles. The van der Waals surface area contributed by atoms with E-state index < -0.39 is 0 Å². The summed E-state index contributed by atoms with van der Waals surface area (Å²) in [6, 6.07) is 8.65. The van der Waals surface area contributed by atoms with Crippen molar-refractivity contribution < 1.29 is 4.79 Å². The standard InChI is InChI=1S/C17H22O/c1-14(13-18)11-16-7-9-17(10-8-16)12-15-5-3-2-4-6-15/h7-11,13,15H,2-6,12H2,1H3/b14-11+. The van der Waals surface area contributed by atoms with Crippen LogP contribution in [0.4, 0.5) is 0 Å². The SMILES string of the molecule is C/C(C=O)=C\c1ccc(CC2CCCCC2)cc1. The molecule has 1 aliphatic carbocycles. The molecule has 96 valence electrons. The van der Waals surface area contributed by atoms with Gasteiger partial charge in [0, 0.05) is 0 Å². The number of hydrogen-bond donors (Lipinski definition) is 0. The molecule has 0 amide bonds. The van der Waals surface area contributed by atoms with E-state index in [0.29, 0.717) is 0 Å². The Morgan fingerprint density at radius 2 is 1.83 bits per heavy atom. The minimum absolute atomic E-state index is 0.773. The smallest absolute Gasteiger partial charge is 0.145 e. The highest BCUT2D eigenvalue weighted by Gasteiger charge is 2.13. The van der Waals surface area contributed by atoms with Crippen LogP contribution in [-0.2, 0) is 11.2 Å². The van der Waals surface area contributed by atoms with Gasteiger partial charge < -0.3 is 0 Å². The lowest BCUT2D eigenvalue weighted by molar-refractivity contribution is -0.104. The number of benzene rings is 1. The third kappa shape index (κ3) is 3.83. The molecular formula is C17H22O. The molecule has 0 radical (unpaired) electrons. The largest absolute Gasteiger partial charge is 0.298 e. The van der Waals surface area contributed by atoms with Gasteiger partial charge in [0.15, 0.2) is 0 Å². The fourth-order valence-corrected chi connectivity index (χ4v) is 2.77. The van der Waals surface area contributed by atoms with Crippen molar-refractivity contribution in [2.75, 3.05) is 0 Å². The third-order valence-corrected chi connectivity index (χ3v) is 3.81. The molecule has 1 aromatic carbocycles. The van der Waals surface area contributed by atoms with Crippen LogP contribution in [-0.4, -0.2) is 6.29 Å². The van der Waals surface area contributed by atoms with Gasteiger partial charge in [-0.3, -0.25) is 4.79 Å². The van der Waals surface area contributed by atoms with Crippen LogP contribution < -0.4 is 0 Å². The van der Waals surface area contributed by atoms with E-state index in [1.165, 1.54) is 44.1 Å². The van der Waals surface area contributed by atoms with Crippen LogP contribution in [0.2, 0.25) is 0 Å². The van der Waals surface area contributed by atoms with E-state index in [9.17, 15) is 4.79 Å². The Hall–Kier alpha value is -1.37. The van der Waals surface area contributed by atoms with Gasteiger partial charge in [0.25, 0.3) is 0 Å². The number of carbonyl (C=O) groups is 1. The number of allylic oxidation sites excluding steroid dienone is 1. The second-order valence-corrected chi connectivity index (χ2v) is 5.46. The molecule has 1 aromatic rings. The molecule has 0 atom stereocenters. The Morgan fingerprint density at radius 3 is 2.44 bits per heavy atom. The quantitative estimate of drug-likeness (QED) is 0.564. The molecule has 1 nitrogen and oxygen atoms in total. The van der Waals surface area contributed by atoms with Gasteiger partial charge in [-0.1, -0.05) is 56.4 Å². The first-order valence-electron chi connectivity index (χ1n) is 7.00. The minimum atomic E-state index is 0.773. The van der Waals surface area contributed by atoms with Crippen molar-refractivity contribution in [2.24, 2.45) is 5.92 Å². The molecule has 1 aliphatic rings. The zero-order valence-corrected chi connectivity index (χ0v) is 11.2. The van der Waals surface area contributed by atoms with Crippen LogP contribution in [0, 0.1) is 5.92 Å². The van der Waals surface area contributed by atoms with E-state index in [0.717, 1.165) is 23.3 Å². The van der Waals surface area contributed by atoms with Gasteiger partial charge >= 0.3 is 0 Å². The summed E-state index contributed by atoms with van der Waals surface area (Å²) in [4.78, 5) is 10.6. The first kappa shape index (κ1) is 13.1. The highest BCUT2D eigenvalue weighted by Crippen LogP contribution is 2.26. The predicted octanol–water partition coefficient (Wildman–Crippen LogP) is 4.41. The Kier molecular flexibility index (Phi) is 4.74. The highest BCUT2D eigenvalue weighted by atomic mass is 16.1. The van der Waals surface area contributed by atoms with Crippen molar-refractivity contribution in [1.29, 1.82) is 0 Å². The van der Waals surface area contributed by atoms with Gasteiger partial charge in [-0.05, 0) is 42.0 Å². The summed E-state index contributed by atoms with van der Waals surface area (Å²) in [5.74, 6) is 0.886. The maximum Gasteiger partial charge on any atom is 0.145 e. The lowest BCUT2D eigenvalue weighted by Crippen LogP contribution is -2.09. The Balaban J connectivity index is 1.96. The van der Waals surface area contributed by atoms with Crippen molar-refractivity contribution in [3.05, 3.63) is 41.0 Å². The molecular weight excluding hydrogens is 220 g/mol. The molecule has 0 aliphatic heterocycles. The second-order valence-electron chi connectivity index (χ2n) is 5.46. The maximum absolute atomic E-state index is 10.6. The van der Waals surface area contributed by atoms with Gasteiger partial charge in [-0.25, -0.2) is 0 Å². The molecule has 0 bridgehead atoms. The highest BCUT2D eigenvalue weighted by molar-refractivity contribution is 5.80. The minimum Gasteiger partial charge on any atom is -0.298 e. The normalized spacial score (nSPS) is 17.7. The molecule has 0 aromatic heterocycles. The first-order chi connectivity index (χ1) is 8.78. The summed E-state index contributed by atoms with van der Waals surface area (Å²) in [7, 11) is 0. The van der Waals surface area contributed by atoms with Crippen molar-refractivity contribution in [1.82, 2.24) is 0 Å². The summed E-state index contributed by atoms with van der Waals surface area (Å²) in [5.41, 5.74) is 3.32. The molecule has 0 unspecified atom stereocenters. The van der Waals surface area contributed by atoms with Gasteiger partial charge in [-0.15, -0.1) is 0 Å². The maximum atomic E-state index is 10.6. The lowest BCUT2D eigenvalue weighted by atomic mass is 9.85.